The van der Waals surface area contributed by atoms with Gasteiger partial charge in [-0.3, -0.25) is 9.79 Å². The largest absolute Gasteiger partial charge is 0.356 e. The smallest absolute Gasteiger partial charge is 0.222 e. The van der Waals surface area contributed by atoms with Crippen molar-refractivity contribution in [2.45, 2.75) is 32.2 Å². The molecule has 0 aliphatic carbocycles. The van der Waals surface area contributed by atoms with Crippen LogP contribution in [0, 0.1) is 5.82 Å². The van der Waals surface area contributed by atoms with Crippen molar-refractivity contribution >= 4 is 51.8 Å². The van der Waals surface area contributed by atoms with Gasteiger partial charge in [-0.25, -0.2) is 4.39 Å². The molecule has 0 radical (unpaired) electrons. The Labute approximate surface area is 174 Å². The van der Waals surface area contributed by atoms with Crippen LogP contribution < -0.4 is 10.6 Å². The Balaban J connectivity index is 0.00000312. The predicted octanol–water partition coefficient (Wildman–Crippen LogP) is 2.92. The number of hydrogen-bond donors (Lipinski definition) is 2. The van der Waals surface area contributed by atoms with E-state index in [1.54, 1.807) is 19.2 Å². The third-order valence-corrected chi connectivity index (χ3v) is 4.71. The maximum atomic E-state index is 13.2. The van der Waals surface area contributed by atoms with Crippen LogP contribution in [0.5, 0.6) is 0 Å². The number of nitrogens with one attached hydrogen (secondary N) is 2. The molecule has 1 aliphatic heterocycles. The summed E-state index contributed by atoms with van der Waals surface area (Å²) in [6, 6.07) is 5.26. The molecule has 1 unspecified atom stereocenters. The molecule has 5 nitrogen and oxygen atoms in total. The highest BCUT2D eigenvalue weighted by molar-refractivity contribution is 14.0. The van der Waals surface area contributed by atoms with Crippen LogP contribution in [-0.4, -0.2) is 49.5 Å². The number of benzene rings is 1. The lowest BCUT2D eigenvalue weighted by atomic mass is 10.1. The van der Waals surface area contributed by atoms with Crippen LogP contribution in [0.3, 0.4) is 0 Å². The third kappa shape index (κ3) is 6.73. The lowest BCUT2D eigenvalue weighted by Gasteiger charge is -2.18. The van der Waals surface area contributed by atoms with Crippen molar-refractivity contribution in [2.24, 2.45) is 4.99 Å². The van der Waals surface area contributed by atoms with Gasteiger partial charge in [0.15, 0.2) is 5.96 Å². The van der Waals surface area contributed by atoms with Gasteiger partial charge >= 0.3 is 0 Å². The summed E-state index contributed by atoms with van der Waals surface area (Å²) in [5.41, 5.74) is 1.05. The number of guanidine groups is 1. The van der Waals surface area contributed by atoms with E-state index in [1.165, 1.54) is 6.07 Å². The molecule has 1 aliphatic rings. The number of aliphatic imine (C=N–C) groups is 1. The van der Waals surface area contributed by atoms with Gasteiger partial charge in [0.25, 0.3) is 0 Å². The van der Waals surface area contributed by atoms with E-state index in [0.717, 1.165) is 37.5 Å². The van der Waals surface area contributed by atoms with Crippen LogP contribution in [0.15, 0.2) is 27.7 Å². The van der Waals surface area contributed by atoms with Crippen LogP contribution in [0.4, 0.5) is 4.39 Å². The van der Waals surface area contributed by atoms with Gasteiger partial charge < -0.3 is 15.5 Å². The first-order valence-corrected chi connectivity index (χ1v) is 9.01. The normalized spacial score (nSPS) is 17.2. The second-order valence-corrected chi connectivity index (χ2v) is 6.68. The monoisotopic (exact) mass is 526 g/mol. The van der Waals surface area contributed by atoms with E-state index >= 15 is 0 Å². The number of halogens is 3. The van der Waals surface area contributed by atoms with Crippen LogP contribution in [0.1, 0.15) is 25.3 Å². The zero-order valence-corrected chi connectivity index (χ0v) is 18.4. The average molecular weight is 527 g/mol. The Bertz CT molecular complexity index is 614. The molecular weight excluding hydrogens is 502 g/mol. The quantitative estimate of drug-likeness (QED) is 0.352. The highest BCUT2D eigenvalue weighted by Crippen LogP contribution is 2.17. The molecule has 8 heteroatoms. The number of hydrogen-bond acceptors (Lipinski definition) is 2. The fraction of sp³-hybridized carbons (Fsp3) is 0.529. The average Bonchev–Trinajstić information content (AvgIpc) is 3.05. The summed E-state index contributed by atoms with van der Waals surface area (Å²) in [6.45, 7) is 4.10. The highest BCUT2D eigenvalue weighted by atomic mass is 127. The van der Waals surface area contributed by atoms with E-state index in [2.05, 4.69) is 31.6 Å². The molecule has 1 aromatic rings. The Morgan fingerprint density at radius 3 is 2.88 bits per heavy atom. The zero-order valence-electron chi connectivity index (χ0n) is 14.5. The Hall–Kier alpha value is -0.900. The SMILES string of the molecule is CCC(=O)N1CCC(NC(=NC)NCCc2ccc(F)c(Br)c2)C1.I. The van der Waals surface area contributed by atoms with E-state index in [0.29, 0.717) is 17.4 Å². The Morgan fingerprint density at radius 2 is 2.24 bits per heavy atom. The summed E-state index contributed by atoms with van der Waals surface area (Å²) < 4.78 is 13.7. The predicted molar refractivity (Wildman–Crippen MR) is 113 cm³/mol. The molecule has 0 aromatic heterocycles. The zero-order chi connectivity index (χ0) is 17.5. The van der Waals surface area contributed by atoms with Gasteiger partial charge in [-0.2, -0.15) is 0 Å². The first kappa shape index (κ1) is 22.1. The lowest BCUT2D eigenvalue weighted by molar-refractivity contribution is -0.129. The van der Waals surface area contributed by atoms with Gasteiger partial charge in [0.1, 0.15) is 5.82 Å². The molecule has 1 heterocycles. The summed E-state index contributed by atoms with van der Waals surface area (Å²) in [7, 11) is 1.73. The second-order valence-electron chi connectivity index (χ2n) is 5.82. The van der Waals surface area contributed by atoms with Crippen molar-refractivity contribution in [3.05, 3.63) is 34.1 Å². The number of rotatable bonds is 5. The Morgan fingerprint density at radius 1 is 1.48 bits per heavy atom. The van der Waals surface area contributed by atoms with Gasteiger partial charge in [0.2, 0.25) is 5.91 Å². The highest BCUT2D eigenvalue weighted by Gasteiger charge is 2.25. The number of likely N-dealkylation sites (tertiary alicyclic amines) is 1. The molecule has 1 atom stereocenters. The summed E-state index contributed by atoms with van der Waals surface area (Å²) in [4.78, 5) is 17.8. The molecule has 2 rings (SSSR count). The number of carbonyl (C=O) groups is 1. The molecule has 1 fully saturated rings. The van der Waals surface area contributed by atoms with Gasteiger partial charge in [0.05, 0.1) is 4.47 Å². The van der Waals surface area contributed by atoms with Gasteiger partial charge in [0, 0.05) is 39.1 Å². The topological polar surface area (TPSA) is 56.7 Å². The molecule has 2 N–H and O–H groups in total. The van der Waals surface area contributed by atoms with Crippen molar-refractivity contribution < 1.29 is 9.18 Å². The molecular formula is C17H25BrFIN4O. The lowest BCUT2D eigenvalue weighted by Crippen LogP contribution is -2.45. The number of carbonyl (C=O) groups excluding carboxylic acids is 1. The van der Waals surface area contributed by atoms with Crippen LogP contribution in [0.25, 0.3) is 0 Å². The van der Waals surface area contributed by atoms with Crippen molar-refractivity contribution in [1.82, 2.24) is 15.5 Å². The van der Waals surface area contributed by atoms with E-state index in [1.807, 2.05) is 11.8 Å². The summed E-state index contributed by atoms with van der Waals surface area (Å²) in [5, 5.41) is 6.62. The minimum Gasteiger partial charge on any atom is -0.356 e. The fourth-order valence-electron chi connectivity index (χ4n) is 2.74. The van der Waals surface area contributed by atoms with Crippen LogP contribution in [0.2, 0.25) is 0 Å². The van der Waals surface area contributed by atoms with Crippen molar-refractivity contribution in [3.63, 3.8) is 0 Å². The summed E-state index contributed by atoms with van der Waals surface area (Å²) in [6.07, 6.45) is 2.25. The summed E-state index contributed by atoms with van der Waals surface area (Å²) in [5.74, 6) is 0.674. The maximum absolute atomic E-state index is 13.2. The van der Waals surface area contributed by atoms with E-state index in [9.17, 15) is 9.18 Å². The van der Waals surface area contributed by atoms with Crippen molar-refractivity contribution in [1.29, 1.82) is 0 Å². The minimum atomic E-state index is -0.253. The molecule has 1 saturated heterocycles. The van der Waals surface area contributed by atoms with Crippen molar-refractivity contribution in [2.75, 3.05) is 26.7 Å². The Kier molecular flexibility index (Phi) is 9.70. The third-order valence-electron chi connectivity index (χ3n) is 4.10. The molecule has 1 amide bonds. The molecule has 140 valence electrons. The molecule has 0 saturated carbocycles. The van der Waals surface area contributed by atoms with Gasteiger partial charge in [-0.05, 0) is 46.5 Å². The van der Waals surface area contributed by atoms with Gasteiger partial charge in [-0.1, -0.05) is 13.0 Å². The molecule has 1 aromatic carbocycles. The van der Waals surface area contributed by atoms with Crippen molar-refractivity contribution in [3.8, 4) is 0 Å². The number of amides is 1. The van der Waals surface area contributed by atoms with Gasteiger partial charge in [-0.15, -0.1) is 24.0 Å². The van der Waals surface area contributed by atoms with E-state index in [4.69, 9.17) is 0 Å². The summed E-state index contributed by atoms with van der Waals surface area (Å²) >= 11 is 3.20. The fourth-order valence-corrected chi connectivity index (χ4v) is 3.16. The second kappa shape index (κ2) is 10.9. The number of nitrogens with zero attached hydrogens (tertiary/aromatic N) is 2. The van der Waals surface area contributed by atoms with Crippen LogP contribution in [-0.2, 0) is 11.2 Å². The van der Waals surface area contributed by atoms with E-state index in [-0.39, 0.29) is 41.7 Å². The van der Waals surface area contributed by atoms with Crippen LogP contribution >= 0.6 is 39.9 Å². The van der Waals surface area contributed by atoms with E-state index < -0.39 is 0 Å². The molecule has 0 bridgehead atoms. The molecule has 0 spiro atoms. The minimum absolute atomic E-state index is 0. The first-order valence-electron chi connectivity index (χ1n) is 8.22. The maximum Gasteiger partial charge on any atom is 0.222 e. The standard InChI is InChI=1S/C17H24BrFN4O.HI/c1-3-16(24)23-9-7-13(11-23)22-17(20-2)21-8-6-12-4-5-15(19)14(18)10-12;/h4-5,10,13H,3,6-9,11H2,1-2H3,(H2,20,21,22);1H. The first-order chi connectivity index (χ1) is 11.5. The molecule has 25 heavy (non-hydrogen) atoms.